The summed E-state index contributed by atoms with van der Waals surface area (Å²) < 4.78 is 0. The summed E-state index contributed by atoms with van der Waals surface area (Å²) in [5, 5.41) is 1.22. The fourth-order valence-corrected chi connectivity index (χ4v) is 0. The molecule has 6 heavy (non-hydrogen) atoms. The van der Waals surface area contributed by atoms with Crippen molar-refractivity contribution in [2.45, 2.75) is 19.1 Å². The van der Waals surface area contributed by atoms with Gasteiger partial charge in [0.15, 0.2) is 0 Å². The molecule has 0 aliphatic heterocycles. The van der Waals surface area contributed by atoms with E-state index in [1.807, 2.05) is 0 Å². The minimum Gasteiger partial charge on any atom is -0.147 e. The van der Waals surface area contributed by atoms with Crippen molar-refractivity contribution in [3.63, 3.8) is 0 Å². The third kappa shape index (κ3) is 8.85. The lowest BCUT2D eigenvalue weighted by Crippen LogP contribution is -1.80. The predicted octanol–water partition coefficient (Wildman–Crippen LogP) is 1.65. The lowest BCUT2D eigenvalue weighted by Gasteiger charge is -1.91. The molecule has 2 heteroatoms. The fraction of sp³-hybridized carbons (Fsp3) is 1.00. The van der Waals surface area contributed by atoms with Gasteiger partial charge < -0.3 is 0 Å². The van der Waals surface area contributed by atoms with E-state index in [-0.39, 0.29) is 12.4 Å². The molecule has 0 saturated carbocycles. The standard InChI is InChI=1S/C4H9.Al.ClH/c1-4(2)3;;/h4H,1H2,2-3H3;;1H. The average molecular weight is 121 g/mol. The molecule has 0 fully saturated rings. The Morgan fingerprint density at radius 2 is 1.67 bits per heavy atom. The van der Waals surface area contributed by atoms with E-state index in [0.717, 1.165) is 5.92 Å². The monoisotopic (exact) mass is 120 g/mol. The molecular weight excluding hydrogens is 110 g/mol. The molecule has 0 saturated heterocycles. The van der Waals surface area contributed by atoms with Crippen LogP contribution in [-0.2, 0) is 0 Å². The molecule has 0 N–H and O–H groups in total. The Morgan fingerprint density at radius 1 is 1.50 bits per heavy atom. The van der Waals surface area contributed by atoms with Crippen LogP contribution in [-0.4, -0.2) is 16.3 Å². The third-order valence-electron chi connectivity index (χ3n) is 0.471. The first-order valence-corrected chi connectivity index (χ1v) is 2.79. The van der Waals surface area contributed by atoms with Gasteiger partial charge in [0.1, 0.15) is 16.3 Å². The molecule has 0 spiro atoms. The first-order valence-electron chi connectivity index (χ1n) is 1.97. The van der Waals surface area contributed by atoms with Crippen LogP contribution in [0.3, 0.4) is 0 Å². The van der Waals surface area contributed by atoms with E-state index >= 15 is 0 Å². The van der Waals surface area contributed by atoms with Gasteiger partial charge in [-0.2, -0.15) is 0 Å². The smallest absolute Gasteiger partial charge is 0.118 e. The maximum atomic E-state index is 2.69. The van der Waals surface area contributed by atoms with Crippen LogP contribution in [0.2, 0.25) is 5.28 Å². The van der Waals surface area contributed by atoms with Crippen molar-refractivity contribution < 1.29 is 0 Å². The molecular formula is C4H10AlCl. The normalized spacial score (nSPS) is 7.83. The van der Waals surface area contributed by atoms with Crippen LogP contribution < -0.4 is 0 Å². The molecule has 0 heterocycles. The van der Waals surface area contributed by atoms with E-state index < -0.39 is 0 Å². The van der Waals surface area contributed by atoms with Crippen LogP contribution in [0.5, 0.6) is 0 Å². The maximum Gasteiger partial charge on any atom is 0.118 e. The number of halogens is 1. The highest BCUT2D eigenvalue weighted by Crippen LogP contribution is 1.92. The second-order valence-corrected chi connectivity index (χ2v) is 2.10. The molecule has 0 bridgehead atoms. The Balaban J connectivity index is 0. The van der Waals surface area contributed by atoms with Gasteiger partial charge in [-0.3, -0.25) is 0 Å². The predicted molar refractivity (Wildman–Crippen MR) is 32.6 cm³/mol. The molecule has 0 aliphatic rings. The first-order chi connectivity index (χ1) is 2.27. The van der Waals surface area contributed by atoms with Gasteiger partial charge in [0.2, 0.25) is 0 Å². The second kappa shape index (κ2) is 5.82. The molecule has 0 aliphatic carbocycles. The summed E-state index contributed by atoms with van der Waals surface area (Å²) in [7, 11) is 0. The van der Waals surface area contributed by atoms with E-state index in [9.17, 15) is 0 Å². The highest BCUT2D eigenvalue weighted by Gasteiger charge is 1.79. The fourth-order valence-electron chi connectivity index (χ4n) is 0. The minimum atomic E-state index is 0. The van der Waals surface area contributed by atoms with E-state index in [2.05, 4.69) is 30.1 Å². The first kappa shape index (κ1) is 9.95. The largest absolute Gasteiger partial charge is 0.147 e. The highest BCUT2D eigenvalue weighted by molar-refractivity contribution is 6.08. The topological polar surface area (TPSA) is 0 Å². The Bertz CT molecular complexity index is 21.5. The highest BCUT2D eigenvalue weighted by atomic mass is 35.5. The Hall–Kier alpha value is 0.822. The zero-order valence-electron chi connectivity index (χ0n) is 4.27. The van der Waals surface area contributed by atoms with Gasteiger partial charge in [0.25, 0.3) is 0 Å². The van der Waals surface area contributed by atoms with Crippen molar-refractivity contribution in [3.05, 3.63) is 0 Å². The Morgan fingerprint density at radius 3 is 1.67 bits per heavy atom. The summed E-state index contributed by atoms with van der Waals surface area (Å²) in [5.74, 6) is 0.847. The van der Waals surface area contributed by atoms with Gasteiger partial charge in [-0.15, -0.1) is 17.7 Å². The van der Waals surface area contributed by atoms with Crippen LogP contribution in [0.25, 0.3) is 0 Å². The Kier molecular flexibility index (Phi) is 9.65. The lowest BCUT2D eigenvalue weighted by atomic mass is 10.3. The van der Waals surface area contributed by atoms with Crippen molar-refractivity contribution in [2.24, 2.45) is 5.92 Å². The molecule has 0 rings (SSSR count). The van der Waals surface area contributed by atoms with E-state index in [1.54, 1.807) is 0 Å². The lowest BCUT2D eigenvalue weighted by molar-refractivity contribution is 0.735. The van der Waals surface area contributed by atoms with Crippen LogP contribution in [0.1, 0.15) is 13.8 Å². The minimum absolute atomic E-state index is 0. The van der Waals surface area contributed by atoms with Crippen LogP contribution in [0.15, 0.2) is 0 Å². The zero-order valence-corrected chi connectivity index (χ0v) is 6.24. The van der Waals surface area contributed by atoms with Crippen molar-refractivity contribution >= 4 is 28.7 Å². The van der Waals surface area contributed by atoms with Crippen LogP contribution >= 0.6 is 12.4 Å². The van der Waals surface area contributed by atoms with Gasteiger partial charge in [-0.25, -0.2) is 0 Å². The van der Waals surface area contributed by atoms with Gasteiger partial charge in [-0.1, -0.05) is 19.8 Å². The molecule has 2 radical (unpaired) electrons. The van der Waals surface area contributed by atoms with E-state index in [0.29, 0.717) is 0 Å². The molecule has 0 aromatic rings. The number of hydrogen-bond donors (Lipinski definition) is 0. The molecule has 0 atom stereocenters. The molecule has 0 aromatic carbocycles. The second-order valence-electron chi connectivity index (χ2n) is 1.63. The molecule has 0 unspecified atom stereocenters. The molecule has 0 aromatic heterocycles. The van der Waals surface area contributed by atoms with Gasteiger partial charge >= 0.3 is 0 Å². The van der Waals surface area contributed by atoms with Gasteiger partial charge in [0, 0.05) is 0 Å². The summed E-state index contributed by atoms with van der Waals surface area (Å²) in [6.45, 7) is 4.40. The SMILES string of the molecule is CC(C)[CH2][Al].Cl. The summed E-state index contributed by atoms with van der Waals surface area (Å²) in [5.41, 5.74) is 0. The summed E-state index contributed by atoms with van der Waals surface area (Å²) in [6, 6.07) is 0. The third-order valence-corrected chi connectivity index (χ3v) is 1.41. The van der Waals surface area contributed by atoms with E-state index in [4.69, 9.17) is 0 Å². The summed E-state index contributed by atoms with van der Waals surface area (Å²) >= 11 is 2.69. The van der Waals surface area contributed by atoms with Crippen molar-refractivity contribution in [2.75, 3.05) is 0 Å². The average Bonchev–Trinajstić information content (AvgIpc) is 1.38. The quantitative estimate of drug-likeness (QED) is 0.462. The van der Waals surface area contributed by atoms with Crippen LogP contribution in [0.4, 0.5) is 0 Å². The van der Waals surface area contributed by atoms with Crippen molar-refractivity contribution in [1.82, 2.24) is 0 Å². The molecule has 0 amide bonds. The molecule has 0 nitrogen and oxygen atoms in total. The van der Waals surface area contributed by atoms with E-state index in [1.165, 1.54) is 5.28 Å². The number of rotatable bonds is 1. The maximum absolute atomic E-state index is 2.69. The summed E-state index contributed by atoms with van der Waals surface area (Å²) in [6.07, 6.45) is 0. The van der Waals surface area contributed by atoms with Gasteiger partial charge in [-0.05, 0) is 0 Å². The van der Waals surface area contributed by atoms with Gasteiger partial charge in [0.05, 0.1) is 0 Å². The van der Waals surface area contributed by atoms with Crippen LogP contribution in [0, 0.1) is 5.92 Å². The number of hydrogen-bond acceptors (Lipinski definition) is 0. The Labute approximate surface area is 54.1 Å². The summed E-state index contributed by atoms with van der Waals surface area (Å²) in [4.78, 5) is 0. The molecule has 36 valence electrons. The zero-order chi connectivity index (χ0) is 4.28. The van der Waals surface area contributed by atoms with Crippen molar-refractivity contribution in [3.8, 4) is 0 Å². The van der Waals surface area contributed by atoms with Crippen molar-refractivity contribution in [1.29, 1.82) is 0 Å².